The maximum Gasteiger partial charge on any atom is 0.324 e. The average Bonchev–Trinajstić information content (AvgIpc) is 2.58. The van der Waals surface area contributed by atoms with Gasteiger partial charge in [-0.25, -0.2) is 8.78 Å². The molecule has 5 heteroatoms. The lowest BCUT2D eigenvalue weighted by Crippen LogP contribution is -2.45. The van der Waals surface area contributed by atoms with Gasteiger partial charge >= 0.3 is 5.97 Å². The van der Waals surface area contributed by atoms with Crippen molar-refractivity contribution in [3.05, 3.63) is 11.6 Å². The first kappa shape index (κ1) is 10.5. The molecule has 2 fully saturated rings. The van der Waals surface area contributed by atoms with E-state index in [0.29, 0.717) is 25.1 Å². The van der Waals surface area contributed by atoms with E-state index in [4.69, 9.17) is 5.11 Å². The number of halogens is 2. The predicted octanol–water partition coefficient (Wildman–Crippen LogP) is 1.50. The number of hydrogen-bond acceptors (Lipinski definition) is 2. The predicted molar refractivity (Wildman–Crippen MR) is 49.9 cm³/mol. The van der Waals surface area contributed by atoms with Gasteiger partial charge in [0, 0.05) is 6.54 Å². The highest BCUT2D eigenvalue weighted by Gasteiger charge is 2.52. The van der Waals surface area contributed by atoms with Crippen molar-refractivity contribution in [3.8, 4) is 0 Å². The van der Waals surface area contributed by atoms with E-state index in [2.05, 4.69) is 0 Å². The van der Waals surface area contributed by atoms with Crippen LogP contribution in [0.1, 0.15) is 19.3 Å². The Hall–Kier alpha value is -0.970. The zero-order valence-electron chi connectivity index (χ0n) is 8.25. The molecule has 0 aromatic heterocycles. The van der Waals surface area contributed by atoms with E-state index < -0.39 is 17.9 Å². The quantitative estimate of drug-likeness (QED) is 0.712. The third-order valence-corrected chi connectivity index (χ3v) is 3.30. The Morgan fingerprint density at radius 3 is 2.87 bits per heavy atom. The molecule has 2 heterocycles. The first-order chi connectivity index (χ1) is 7.04. The molecule has 0 amide bonds. The van der Waals surface area contributed by atoms with E-state index in [1.54, 1.807) is 0 Å². The van der Waals surface area contributed by atoms with Crippen molar-refractivity contribution in [3.63, 3.8) is 0 Å². The van der Waals surface area contributed by atoms with Crippen LogP contribution in [0.15, 0.2) is 11.6 Å². The third kappa shape index (κ3) is 1.65. The number of alkyl halides is 2. The zero-order valence-corrected chi connectivity index (χ0v) is 8.25. The van der Waals surface area contributed by atoms with E-state index in [-0.39, 0.29) is 6.42 Å². The molecule has 0 aliphatic carbocycles. The molecule has 2 aliphatic rings. The van der Waals surface area contributed by atoms with Crippen molar-refractivity contribution in [2.75, 3.05) is 13.1 Å². The number of allylic oxidation sites excluding steroid dienone is 1. The first-order valence-corrected chi connectivity index (χ1v) is 5.01. The SMILES string of the molecule is O=C(O)C12CCCN1C/C(=C\C(F)F)C2. The normalized spacial score (nSPS) is 33.9. The average molecular weight is 217 g/mol. The maximum atomic E-state index is 12.1. The van der Waals surface area contributed by atoms with Crippen LogP contribution in [0.3, 0.4) is 0 Å². The summed E-state index contributed by atoms with van der Waals surface area (Å²) >= 11 is 0. The summed E-state index contributed by atoms with van der Waals surface area (Å²) in [5, 5.41) is 9.17. The van der Waals surface area contributed by atoms with Gasteiger partial charge in [-0.2, -0.15) is 0 Å². The third-order valence-electron chi connectivity index (χ3n) is 3.30. The molecule has 1 N–H and O–H groups in total. The highest BCUT2D eigenvalue weighted by Crippen LogP contribution is 2.41. The largest absolute Gasteiger partial charge is 0.480 e. The van der Waals surface area contributed by atoms with Crippen LogP contribution >= 0.6 is 0 Å². The molecule has 0 spiro atoms. The molecule has 0 aromatic carbocycles. The Balaban J connectivity index is 2.21. The van der Waals surface area contributed by atoms with Crippen LogP contribution in [-0.2, 0) is 4.79 Å². The van der Waals surface area contributed by atoms with E-state index in [9.17, 15) is 13.6 Å². The second-order valence-corrected chi connectivity index (χ2v) is 4.20. The van der Waals surface area contributed by atoms with Gasteiger partial charge in [-0.1, -0.05) is 5.57 Å². The minimum Gasteiger partial charge on any atom is -0.480 e. The smallest absolute Gasteiger partial charge is 0.324 e. The molecule has 2 rings (SSSR count). The monoisotopic (exact) mass is 217 g/mol. The molecule has 2 aliphatic heterocycles. The van der Waals surface area contributed by atoms with Crippen LogP contribution in [-0.4, -0.2) is 41.0 Å². The minimum absolute atomic E-state index is 0.257. The van der Waals surface area contributed by atoms with Crippen molar-refractivity contribution < 1.29 is 18.7 Å². The van der Waals surface area contributed by atoms with Gasteiger partial charge < -0.3 is 5.11 Å². The highest BCUT2D eigenvalue weighted by molar-refractivity contribution is 5.80. The van der Waals surface area contributed by atoms with Gasteiger partial charge in [-0.3, -0.25) is 9.69 Å². The molecule has 0 bridgehead atoms. The fourth-order valence-corrected chi connectivity index (χ4v) is 2.65. The van der Waals surface area contributed by atoms with E-state index in [1.165, 1.54) is 0 Å². The molecule has 84 valence electrons. The summed E-state index contributed by atoms with van der Waals surface area (Å²) in [6.07, 6.45) is 0.0817. The molecule has 0 aromatic rings. The molecule has 1 unspecified atom stereocenters. The van der Waals surface area contributed by atoms with Gasteiger partial charge in [0.25, 0.3) is 6.43 Å². The van der Waals surface area contributed by atoms with Crippen molar-refractivity contribution in [1.29, 1.82) is 0 Å². The number of aliphatic carboxylic acids is 1. The van der Waals surface area contributed by atoms with Gasteiger partial charge in [0.1, 0.15) is 5.54 Å². The molecule has 15 heavy (non-hydrogen) atoms. The number of nitrogens with zero attached hydrogens (tertiary/aromatic N) is 1. The lowest BCUT2D eigenvalue weighted by atomic mass is 9.92. The summed E-state index contributed by atoms with van der Waals surface area (Å²) < 4.78 is 24.3. The zero-order chi connectivity index (χ0) is 11.1. The van der Waals surface area contributed by atoms with Crippen molar-refractivity contribution in [2.24, 2.45) is 0 Å². The number of hydrogen-bond donors (Lipinski definition) is 1. The number of carboxylic acid groups (broad SMARTS) is 1. The first-order valence-electron chi connectivity index (χ1n) is 5.01. The van der Waals surface area contributed by atoms with E-state index in [0.717, 1.165) is 12.5 Å². The summed E-state index contributed by atoms with van der Waals surface area (Å²) in [6, 6.07) is 0. The lowest BCUT2D eigenvalue weighted by molar-refractivity contribution is -0.147. The van der Waals surface area contributed by atoms with Gasteiger partial charge in [-0.05, 0) is 31.9 Å². The van der Waals surface area contributed by atoms with Gasteiger partial charge in [0.05, 0.1) is 0 Å². The molecular formula is C10H13F2NO2. The standard InChI is InChI=1S/C10H13F2NO2/c11-8(12)4-7-5-10(9(14)15)2-1-3-13(10)6-7/h4,8H,1-3,5-6H2,(H,14,15)/b7-4-. The summed E-state index contributed by atoms with van der Waals surface area (Å²) in [5.41, 5.74) is -0.326. The summed E-state index contributed by atoms with van der Waals surface area (Å²) in [5.74, 6) is -0.877. The second kappa shape index (κ2) is 3.56. The van der Waals surface area contributed by atoms with Crippen molar-refractivity contribution in [1.82, 2.24) is 4.90 Å². The Morgan fingerprint density at radius 1 is 1.60 bits per heavy atom. The van der Waals surface area contributed by atoms with E-state index in [1.807, 2.05) is 4.90 Å². The molecule has 1 atom stereocenters. The highest BCUT2D eigenvalue weighted by atomic mass is 19.3. The summed E-state index contributed by atoms with van der Waals surface area (Å²) in [6.45, 7) is 1.09. The van der Waals surface area contributed by atoms with Crippen molar-refractivity contribution >= 4 is 5.97 Å². The number of rotatable bonds is 2. The number of carbonyl (C=O) groups is 1. The van der Waals surface area contributed by atoms with Gasteiger partial charge in [0.15, 0.2) is 0 Å². The van der Waals surface area contributed by atoms with Crippen LogP contribution in [0.4, 0.5) is 8.78 Å². The summed E-state index contributed by atoms with van der Waals surface area (Å²) in [7, 11) is 0. The Morgan fingerprint density at radius 2 is 2.33 bits per heavy atom. The molecule has 0 radical (unpaired) electrons. The topological polar surface area (TPSA) is 40.5 Å². The van der Waals surface area contributed by atoms with Crippen LogP contribution in [0.2, 0.25) is 0 Å². The fraction of sp³-hybridized carbons (Fsp3) is 0.700. The minimum atomic E-state index is -2.48. The fourth-order valence-electron chi connectivity index (χ4n) is 2.65. The summed E-state index contributed by atoms with van der Waals surface area (Å²) in [4.78, 5) is 13.0. The van der Waals surface area contributed by atoms with Gasteiger partial charge in [0.2, 0.25) is 0 Å². The second-order valence-electron chi connectivity index (χ2n) is 4.20. The Kier molecular flexibility index (Phi) is 2.50. The maximum absolute atomic E-state index is 12.1. The number of fused-ring (bicyclic) bond motifs is 1. The molecule has 0 saturated carbocycles. The molecular weight excluding hydrogens is 204 g/mol. The lowest BCUT2D eigenvalue weighted by Gasteiger charge is -2.25. The van der Waals surface area contributed by atoms with Crippen LogP contribution in [0.5, 0.6) is 0 Å². The van der Waals surface area contributed by atoms with Gasteiger partial charge in [-0.15, -0.1) is 0 Å². The molecule has 3 nitrogen and oxygen atoms in total. The molecule has 2 saturated heterocycles. The van der Waals surface area contributed by atoms with Crippen LogP contribution < -0.4 is 0 Å². The van der Waals surface area contributed by atoms with Crippen molar-refractivity contribution in [2.45, 2.75) is 31.2 Å². The van der Waals surface area contributed by atoms with Crippen LogP contribution in [0.25, 0.3) is 0 Å². The Labute approximate surface area is 86.4 Å². The number of carboxylic acids is 1. The Bertz CT molecular complexity index is 317. The van der Waals surface area contributed by atoms with Crippen LogP contribution in [0, 0.1) is 0 Å². The van der Waals surface area contributed by atoms with E-state index >= 15 is 0 Å².